The lowest BCUT2D eigenvalue weighted by Crippen LogP contribution is -2.35. The normalized spacial score (nSPS) is 18.9. The van der Waals surface area contributed by atoms with E-state index in [-0.39, 0.29) is 0 Å². The van der Waals surface area contributed by atoms with E-state index in [2.05, 4.69) is 37.3 Å². The van der Waals surface area contributed by atoms with Crippen molar-refractivity contribution in [1.29, 1.82) is 0 Å². The molecule has 1 aliphatic heterocycles. The molecular formula is C15H19N5. The van der Waals surface area contributed by atoms with E-state index in [4.69, 9.17) is 0 Å². The van der Waals surface area contributed by atoms with Gasteiger partial charge in [-0.1, -0.05) is 0 Å². The first kappa shape index (κ1) is 12.8. The highest BCUT2D eigenvalue weighted by atomic mass is 15.2. The molecular weight excluding hydrogens is 250 g/mol. The second-order valence-corrected chi connectivity index (χ2v) is 5.06. The van der Waals surface area contributed by atoms with Gasteiger partial charge in [-0.25, -0.2) is 15.0 Å². The SMILES string of the molecule is CNc1cc(C2CCCN(c3ncccn3)C2)ccn1. The van der Waals surface area contributed by atoms with Gasteiger partial charge < -0.3 is 10.2 Å². The van der Waals surface area contributed by atoms with Crippen LogP contribution in [0.25, 0.3) is 0 Å². The molecule has 5 heteroatoms. The lowest BCUT2D eigenvalue weighted by Gasteiger charge is -2.33. The Bertz CT molecular complexity index is 557. The molecule has 1 unspecified atom stereocenters. The fraction of sp³-hybridized carbons (Fsp3) is 0.400. The largest absolute Gasteiger partial charge is 0.373 e. The molecule has 1 saturated heterocycles. The van der Waals surface area contributed by atoms with Gasteiger partial charge in [-0.05, 0) is 36.6 Å². The first-order valence-electron chi connectivity index (χ1n) is 7.02. The molecule has 1 N–H and O–H groups in total. The van der Waals surface area contributed by atoms with Crippen molar-refractivity contribution in [3.05, 3.63) is 42.4 Å². The molecule has 2 aromatic heterocycles. The summed E-state index contributed by atoms with van der Waals surface area (Å²) in [5.74, 6) is 2.28. The van der Waals surface area contributed by atoms with Gasteiger partial charge in [0.05, 0.1) is 0 Å². The predicted octanol–water partition coefficient (Wildman–Crippen LogP) is 2.30. The van der Waals surface area contributed by atoms with Crippen LogP contribution in [0.15, 0.2) is 36.8 Å². The van der Waals surface area contributed by atoms with E-state index in [0.717, 1.165) is 24.9 Å². The molecule has 1 aliphatic rings. The quantitative estimate of drug-likeness (QED) is 0.926. The molecule has 0 saturated carbocycles. The first-order valence-corrected chi connectivity index (χ1v) is 7.02. The number of hydrogen-bond acceptors (Lipinski definition) is 5. The van der Waals surface area contributed by atoms with Gasteiger partial charge >= 0.3 is 0 Å². The Hall–Kier alpha value is -2.17. The summed E-state index contributed by atoms with van der Waals surface area (Å²) in [6.45, 7) is 2.00. The van der Waals surface area contributed by atoms with Crippen molar-refractivity contribution in [1.82, 2.24) is 15.0 Å². The highest BCUT2D eigenvalue weighted by molar-refractivity contribution is 5.40. The van der Waals surface area contributed by atoms with Crippen LogP contribution in [0.5, 0.6) is 0 Å². The van der Waals surface area contributed by atoms with E-state index >= 15 is 0 Å². The van der Waals surface area contributed by atoms with Crippen LogP contribution < -0.4 is 10.2 Å². The predicted molar refractivity (Wildman–Crippen MR) is 80.0 cm³/mol. The van der Waals surface area contributed by atoms with Gasteiger partial charge in [-0.2, -0.15) is 0 Å². The van der Waals surface area contributed by atoms with Crippen LogP contribution in [0.3, 0.4) is 0 Å². The topological polar surface area (TPSA) is 53.9 Å². The van der Waals surface area contributed by atoms with Gasteiger partial charge in [0.1, 0.15) is 5.82 Å². The minimum Gasteiger partial charge on any atom is -0.373 e. The summed E-state index contributed by atoms with van der Waals surface area (Å²) in [4.78, 5) is 15.3. The average molecular weight is 269 g/mol. The first-order chi connectivity index (χ1) is 9.86. The summed E-state index contributed by atoms with van der Waals surface area (Å²) >= 11 is 0. The van der Waals surface area contributed by atoms with Crippen LogP contribution >= 0.6 is 0 Å². The summed E-state index contributed by atoms with van der Waals surface area (Å²) < 4.78 is 0. The van der Waals surface area contributed by atoms with Gasteiger partial charge in [0.25, 0.3) is 0 Å². The number of hydrogen-bond donors (Lipinski definition) is 1. The van der Waals surface area contributed by atoms with E-state index in [1.165, 1.54) is 18.4 Å². The molecule has 2 aromatic rings. The zero-order valence-corrected chi connectivity index (χ0v) is 11.7. The van der Waals surface area contributed by atoms with Gasteiger partial charge in [-0.15, -0.1) is 0 Å². The van der Waals surface area contributed by atoms with Crippen LogP contribution in [-0.4, -0.2) is 35.1 Å². The van der Waals surface area contributed by atoms with Crippen molar-refractivity contribution in [3.8, 4) is 0 Å². The third kappa shape index (κ3) is 2.71. The van der Waals surface area contributed by atoms with Crippen LogP contribution in [0, 0.1) is 0 Å². The Morgan fingerprint density at radius 1 is 1.20 bits per heavy atom. The van der Waals surface area contributed by atoms with Crippen molar-refractivity contribution >= 4 is 11.8 Å². The maximum absolute atomic E-state index is 4.35. The van der Waals surface area contributed by atoms with Gasteiger partial charge in [0, 0.05) is 44.6 Å². The van der Waals surface area contributed by atoms with Crippen LogP contribution in [-0.2, 0) is 0 Å². The van der Waals surface area contributed by atoms with E-state index in [0.29, 0.717) is 5.92 Å². The Labute approximate surface area is 119 Å². The Kier molecular flexibility index (Phi) is 3.76. The van der Waals surface area contributed by atoms with Crippen molar-refractivity contribution in [2.75, 3.05) is 30.4 Å². The number of rotatable bonds is 3. The molecule has 0 amide bonds. The fourth-order valence-corrected chi connectivity index (χ4v) is 2.72. The van der Waals surface area contributed by atoms with E-state index in [9.17, 15) is 0 Å². The number of piperidine rings is 1. The lowest BCUT2D eigenvalue weighted by molar-refractivity contribution is 0.503. The summed E-state index contributed by atoms with van der Waals surface area (Å²) in [6.07, 6.45) is 7.85. The molecule has 0 radical (unpaired) electrons. The number of nitrogens with zero attached hydrogens (tertiary/aromatic N) is 4. The third-order valence-electron chi connectivity index (χ3n) is 3.77. The van der Waals surface area contributed by atoms with Crippen molar-refractivity contribution < 1.29 is 0 Å². The Morgan fingerprint density at radius 2 is 2.05 bits per heavy atom. The molecule has 104 valence electrons. The summed E-state index contributed by atoms with van der Waals surface area (Å²) in [7, 11) is 1.90. The second kappa shape index (κ2) is 5.86. The molecule has 0 aliphatic carbocycles. The highest BCUT2D eigenvalue weighted by Crippen LogP contribution is 2.29. The van der Waals surface area contributed by atoms with Crippen molar-refractivity contribution in [2.45, 2.75) is 18.8 Å². The maximum atomic E-state index is 4.35. The van der Waals surface area contributed by atoms with Crippen molar-refractivity contribution in [3.63, 3.8) is 0 Å². The number of aromatic nitrogens is 3. The molecule has 0 bridgehead atoms. The minimum atomic E-state index is 0.516. The fourth-order valence-electron chi connectivity index (χ4n) is 2.72. The smallest absolute Gasteiger partial charge is 0.225 e. The molecule has 3 rings (SSSR count). The third-order valence-corrected chi connectivity index (χ3v) is 3.77. The second-order valence-electron chi connectivity index (χ2n) is 5.06. The zero-order valence-electron chi connectivity index (χ0n) is 11.7. The van der Waals surface area contributed by atoms with Crippen LogP contribution in [0.2, 0.25) is 0 Å². The van der Waals surface area contributed by atoms with E-state index in [1.807, 2.05) is 19.3 Å². The molecule has 0 spiro atoms. The highest BCUT2D eigenvalue weighted by Gasteiger charge is 2.23. The monoisotopic (exact) mass is 269 g/mol. The molecule has 0 aromatic carbocycles. The lowest BCUT2D eigenvalue weighted by atomic mass is 9.91. The van der Waals surface area contributed by atoms with Gasteiger partial charge in [0.15, 0.2) is 0 Å². The van der Waals surface area contributed by atoms with E-state index < -0.39 is 0 Å². The van der Waals surface area contributed by atoms with Crippen LogP contribution in [0.4, 0.5) is 11.8 Å². The number of anilines is 2. The molecule has 5 nitrogen and oxygen atoms in total. The Balaban J connectivity index is 1.78. The summed E-state index contributed by atoms with van der Waals surface area (Å²) in [5, 5.41) is 3.10. The summed E-state index contributed by atoms with van der Waals surface area (Å²) in [6, 6.07) is 6.11. The molecule has 20 heavy (non-hydrogen) atoms. The van der Waals surface area contributed by atoms with Crippen molar-refractivity contribution in [2.24, 2.45) is 0 Å². The maximum Gasteiger partial charge on any atom is 0.225 e. The Morgan fingerprint density at radius 3 is 2.85 bits per heavy atom. The standard InChI is InChI=1S/C15H19N5/c1-16-14-10-12(5-8-17-14)13-4-2-9-20(11-13)15-18-6-3-7-19-15/h3,5-8,10,13H,2,4,9,11H2,1H3,(H,16,17). The average Bonchev–Trinajstić information content (AvgIpc) is 2.56. The molecule has 1 atom stereocenters. The van der Waals surface area contributed by atoms with Gasteiger partial charge in [-0.3, -0.25) is 0 Å². The number of pyridine rings is 1. The molecule has 1 fully saturated rings. The minimum absolute atomic E-state index is 0.516. The van der Waals surface area contributed by atoms with E-state index in [1.54, 1.807) is 12.4 Å². The van der Waals surface area contributed by atoms with Gasteiger partial charge in [0.2, 0.25) is 5.95 Å². The van der Waals surface area contributed by atoms with Crippen LogP contribution in [0.1, 0.15) is 24.3 Å². The molecule has 3 heterocycles. The summed E-state index contributed by atoms with van der Waals surface area (Å²) in [5.41, 5.74) is 1.34. The number of nitrogens with one attached hydrogen (secondary N) is 1. The zero-order chi connectivity index (χ0) is 13.8.